The number of amides is 1. The molecule has 0 radical (unpaired) electrons. The molecule has 34 heavy (non-hydrogen) atoms. The van der Waals surface area contributed by atoms with Gasteiger partial charge in [-0.3, -0.25) is 9.89 Å². The van der Waals surface area contributed by atoms with Crippen molar-refractivity contribution in [1.29, 1.82) is 0 Å². The summed E-state index contributed by atoms with van der Waals surface area (Å²) in [6.07, 6.45) is 3.93. The van der Waals surface area contributed by atoms with Crippen LogP contribution in [0.4, 0.5) is 0 Å². The van der Waals surface area contributed by atoms with Crippen LogP contribution in [0.1, 0.15) is 74.1 Å². The summed E-state index contributed by atoms with van der Waals surface area (Å²) >= 11 is 0. The zero-order valence-corrected chi connectivity index (χ0v) is 20.1. The molecule has 0 bridgehead atoms. The molecule has 1 aromatic heterocycles. The van der Waals surface area contributed by atoms with Crippen LogP contribution in [0, 0.1) is 0 Å². The Morgan fingerprint density at radius 1 is 1.03 bits per heavy atom. The van der Waals surface area contributed by atoms with Crippen LogP contribution in [0.25, 0.3) is 11.3 Å². The second-order valence-corrected chi connectivity index (χ2v) is 8.47. The van der Waals surface area contributed by atoms with E-state index in [2.05, 4.69) is 24.0 Å². The fourth-order valence-corrected chi connectivity index (χ4v) is 4.48. The first kappa shape index (κ1) is 23.7. The van der Waals surface area contributed by atoms with E-state index < -0.39 is 0 Å². The molecule has 0 saturated carbocycles. The minimum absolute atomic E-state index is 0.0745. The largest absolute Gasteiger partial charge is 0.507 e. The quantitative estimate of drug-likeness (QED) is 0.356. The third-order valence-electron chi connectivity index (χ3n) is 6.07. The van der Waals surface area contributed by atoms with Gasteiger partial charge in [-0.2, -0.15) is 5.10 Å². The molecule has 0 aliphatic carbocycles. The number of H-pyrrole nitrogens is 1. The zero-order chi connectivity index (χ0) is 24.1. The summed E-state index contributed by atoms with van der Waals surface area (Å²) in [5, 5.41) is 17.9. The highest BCUT2D eigenvalue weighted by Crippen LogP contribution is 2.46. The number of phenolic OH excluding ortho intramolecular Hbond substituents is 1. The Hall–Kier alpha value is -3.48. The number of carbonyl (C=O) groups is 1. The van der Waals surface area contributed by atoms with Crippen molar-refractivity contribution in [2.75, 3.05) is 19.8 Å². The predicted octanol–water partition coefficient (Wildman–Crippen LogP) is 5.71. The van der Waals surface area contributed by atoms with Crippen LogP contribution in [0.5, 0.6) is 17.2 Å². The van der Waals surface area contributed by atoms with Gasteiger partial charge in [0.25, 0.3) is 5.91 Å². The topological polar surface area (TPSA) is 87.7 Å². The number of benzene rings is 2. The van der Waals surface area contributed by atoms with Gasteiger partial charge in [-0.1, -0.05) is 44.9 Å². The summed E-state index contributed by atoms with van der Waals surface area (Å²) in [6, 6.07) is 12.6. The standard InChI is InChI=1S/C27H33N3O4/c1-4-7-10-15-30-26(18-13-14-21(34-16-5-2)22(17-18)33-6-3)23-24(28-29-25(23)27(30)32)19-11-8-9-12-20(19)31/h8-9,11-14,17,26,31H,4-7,10,15-16H2,1-3H3,(H,28,29). The highest BCUT2D eigenvalue weighted by molar-refractivity contribution is 6.00. The smallest absolute Gasteiger partial charge is 0.273 e. The fourth-order valence-electron chi connectivity index (χ4n) is 4.48. The van der Waals surface area contributed by atoms with Gasteiger partial charge in [0, 0.05) is 17.7 Å². The van der Waals surface area contributed by atoms with Crippen molar-refractivity contribution < 1.29 is 19.4 Å². The first-order valence-corrected chi connectivity index (χ1v) is 12.2. The van der Waals surface area contributed by atoms with Crippen LogP contribution in [-0.2, 0) is 0 Å². The van der Waals surface area contributed by atoms with Gasteiger partial charge in [0.2, 0.25) is 0 Å². The van der Waals surface area contributed by atoms with Crippen molar-refractivity contribution in [3.8, 4) is 28.5 Å². The maximum absolute atomic E-state index is 13.5. The number of nitrogens with zero attached hydrogens (tertiary/aromatic N) is 2. The second kappa shape index (κ2) is 10.6. The predicted molar refractivity (Wildman–Crippen MR) is 131 cm³/mol. The second-order valence-electron chi connectivity index (χ2n) is 8.47. The van der Waals surface area contributed by atoms with Crippen molar-refractivity contribution >= 4 is 5.91 Å². The van der Waals surface area contributed by atoms with E-state index in [-0.39, 0.29) is 17.7 Å². The fraction of sp³-hybridized carbons (Fsp3) is 0.407. The molecule has 3 aromatic rings. The highest BCUT2D eigenvalue weighted by Gasteiger charge is 2.42. The van der Waals surface area contributed by atoms with Gasteiger partial charge in [0.1, 0.15) is 17.1 Å². The number of nitrogens with one attached hydrogen (secondary N) is 1. The van der Waals surface area contributed by atoms with E-state index in [4.69, 9.17) is 9.47 Å². The van der Waals surface area contributed by atoms with Crippen LogP contribution < -0.4 is 9.47 Å². The van der Waals surface area contributed by atoms with Gasteiger partial charge >= 0.3 is 0 Å². The number of phenols is 1. The van der Waals surface area contributed by atoms with Gasteiger partial charge < -0.3 is 19.5 Å². The number of fused-ring (bicyclic) bond motifs is 1. The van der Waals surface area contributed by atoms with Gasteiger partial charge in [0.15, 0.2) is 11.5 Å². The average Bonchev–Trinajstić information content (AvgIpc) is 3.38. The van der Waals surface area contributed by atoms with E-state index in [1.165, 1.54) is 0 Å². The lowest BCUT2D eigenvalue weighted by Crippen LogP contribution is -2.30. The highest BCUT2D eigenvalue weighted by atomic mass is 16.5. The number of para-hydroxylation sites is 1. The molecule has 1 aliphatic heterocycles. The number of ether oxygens (including phenoxy) is 2. The summed E-state index contributed by atoms with van der Waals surface area (Å²) in [5.74, 6) is 1.42. The maximum Gasteiger partial charge on any atom is 0.273 e. The van der Waals surface area contributed by atoms with Gasteiger partial charge in [0.05, 0.1) is 19.3 Å². The lowest BCUT2D eigenvalue weighted by Gasteiger charge is -2.27. The molecule has 4 rings (SSSR count). The lowest BCUT2D eigenvalue weighted by atomic mass is 9.95. The van der Waals surface area contributed by atoms with Crippen LogP contribution >= 0.6 is 0 Å². The first-order chi connectivity index (χ1) is 16.6. The first-order valence-electron chi connectivity index (χ1n) is 12.2. The van der Waals surface area contributed by atoms with E-state index in [0.717, 1.165) is 36.8 Å². The third kappa shape index (κ3) is 4.47. The van der Waals surface area contributed by atoms with E-state index in [9.17, 15) is 9.90 Å². The number of hydrogen-bond donors (Lipinski definition) is 2. The van der Waals surface area contributed by atoms with Crippen LogP contribution in [0.15, 0.2) is 42.5 Å². The Morgan fingerprint density at radius 3 is 2.59 bits per heavy atom. The number of aromatic hydroxyl groups is 1. The molecule has 2 heterocycles. The van der Waals surface area contributed by atoms with Crippen LogP contribution in [-0.4, -0.2) is 45.9 Å². The molecule has 7 heteroatoms. The van der Waals surface area contributed by atoms with Crippen molar-refractivity contribution in [3.05, 3.63) is 59.3 Å². The minimum Gasteiger partial charge on any atom is -0.507 e. The van der Waals surface area contributed by atoms with Crippen molar-refractivity contribution in [2.24, 2.45) is 0 Å². The number of aromatic amines is 1. The van der Waals surface area contributed by atoms with Gasteiger partial charge in [-0.15, -0.1) is 0 Å². The summed E-state index contributed by atoms with van der Waals surface area (Å²) in [7, 11) is 0. The molecule has 7 nitrogen and oxygen atoms in total. The molecular weight excluding hydrogens is 430 g/mol. The number of aromatic nitrogens is 2. The Morgan fingerprint density at radius 2 is 1.85 bits per heavy atom. The Bertz CT molecular complexity index is 1140. The van der Waals surface area contributed by atoms with Gasteiger partial charge in [-0.25, -0.2) is 0 Å². The number of unbranched alkanes of at least 4 members (excludes halogenated alkanes) is 2. The molecular formula is C27H33N3O4. The van der Waals surface area contributed by atoms with Gasteiger partial charge in [-0.05, 0) is 49.6 Å². The SMILES string of the molecule is CCCCCN1C(=O)c2[nH]nc(-c3ccccc3O)c2C1c1ccc(OCCC)c(OCC)c1. The molecule has 1 unspecified atom stereocenters. The van der Waals surface area contributed by atoms with Crippen LogP contribution in [0.3, 0.4) is 0 Å². The summed E-state index contributed by atoms with van der Waals surface area (Å²) in [4.78, 5) is 15.4. The number of hydrogen-bond acceptors (Lipinski definition) is 5. The Balaban J connectivity index is 1.82. The Labute approximate surface area is 200 Å². The van der Waals surface area contributed by atoms with Crippen molar-refractivity contribution in [3.63, 3.8) is 0 Å². The van der Waals surface area contributed by atoms with Crippen LogP contribution in [0.2, 0.25) is 0 Å². The molecule has 0 fully saturated rings. The van der Waals surface area contributed by atoms with Crippen molar-refractivity contribution in [2.45, 2.75) is 52.5 Å². The molecule has 1 aliphatic rings. The van der Waals surface area contributed by atoms with E-state index in [0.29, 0.717) is 48.2 Å². The monoisotopic (exact) mass is 463 g/mol. The molecule has 2 N–H and O–H groups in total. The molecule has 1 amide bonds. The van der Waals surface area contributed by atoms with E-state index in [1.54, 1.807) is 12.1 Å². The van der Waals surface area contributed by atoms with E-state index in [1.807, 2.05) is 42.2 Å². The molecule has 2 aromatic carbocycles. The zero-order valence-electron chi connectivity index (χ0n) is 20.1. The molecule has 1 atom stereocenters. The number of rotatable bonds is 11. The third-order valence-corrected chi connectivity index (χ3v) is 6.07. The number of carbonyl (C=O) groups excluding carboxylic acids is 1. The molecule has 0 saturated heterocycles. The van der Waals surface area contributed by atoms with Crippen molar-refractivity contribution in [1.82, 2.24) is 15.1 Å². The summed E-state index contributed by atoms with van der Waals surface area (Å²) in [6.45, 7) is 7.90. The normalized spacial score (nSPS) is 15.0. The summed E-state index contributed by atoms with van der Waals surface area (Å²) < 4.78 is 11.8. The average molecular weight is 464 g/mol. The molecule has 0 spiro atoms. The minimum atomic E-state index is -0.341. The summed E-state index contributed by atoms with van der Waals surface area (Å²) in [5.41, 5.74) is 3.38. The van der Waals surface area contributed by atoms with E-state index >= 15 is 0 Å². The molecule has 180 valence electrons. The Kier molecular flexibility index (Phi) is 7.40. The maximum atomic E-state index is 13.5. The lowest BCUT2D eigenvalue weighted by molar-refractivity contribution is 0.0740.